The van der Waals surface area contributed by atoms with Gasteiger partial charge in [0.25, 0.3) is 17.9 Å². The Labute approximate surface area is 127 Å². The van der Waals surface area contributed by atoms with Gasteiger partial charge in [-0.15, -0.1) is 0 Å². The number of hydrogen-bond acceptors (Lipinski definition) is 6. The van der Waals surface area contributed by atoms with Crippen LogP contribution in [0.5, 0.6) is 0 Å². The van der Waals surface area contributed by atoms with Crippen LogP contribution in [0, 0.1) is 0 Å². The lowest BCUT2D eigenvalue weighted by Gasteiger charge is -2.18. The second-order valence-corrected chi connectivity index (χ2v) is 4.61. The van der Waals surface area contributed by atoms with Gasteiger partial charge in [-0.2, -0.15) is 0 Å². The van der Waals surface area contributed by atoms with E-state index in [9.17, 15) is 9.59 Å². The number of rotatable bonds is 4. The Balaban J connectivity index is 0.000000745. The summed E-state index contributed by atoms with van der Waals surface area (Å²) in [6.07, 6.45) is 2.38. The summed E-state index contributed by atoms with van der Waals surface area (Å²) < 4.78 is 5.38. The van der Waals surface area contributed by atoms with Gasteiger partial charge in [0.05, 0.1) is 18.3 Å². The molecule has 2 heterocycles. The second kappa shape index (κ2) is 8.90. The van der Waals surface area contributed by atoms with Crippen molar-refractivity contribution >= 4 is 12.4 Å². The van der Waals surface area contributed by atoms with E-state index in [0.29, 0.717) is 0 Å². The van der Waals surface area contributed by atoms with Crippen LogP contribution in [0.25, 0.3) is 0 Å². The Morgan fingerprint density at radius 1 is 1.64 bits per heavy atom. The monoisotopic (exact) mass is 312 g/mol. The molecule has 0 saturated carbocycles. The van der Waals surface area contributed by atoms with Crippen molar-refractivity contribution in [2.45, 2.75) is 19.1 Å². The topological polar surface area (TPSA) is 125 Å². The van der Waals surface area contributed by atoms with E-state index in [1.165, 1.54) is 6.20 Å². The van der Waals surface area contributed by atoms with Gasteiger partial charge in [0, 0.05) is 26.4 Å². The van der Waals surface area contributed by atoms with Crippen LogP contribution in [-0.4, -0.2) is 71.2 Å². The third kappa shape index (κ3) is 4.93. The zero-order chi connectivity index (χ0) is 16.5. The molecule has 9 nitrogen and oxygen atoms in total. The van der Waals surface area contributed by atoms with E-state index in [4.69, 9.17) is 14.6 Å². The van der Waals surface area contributed by atoms with Crippen LogP contribution in [0.2, 0.25) is 0 Å². The van der Waals surface area contributed by atoms with E-state index in [0.717, 1.165) is 25.8 Å². The van der Waals surface area contributed by atoms with Crippen molar-refractivity contribution in [2.24, 2.45) is 0 Å². The summed E-state index contributed by atoms with van der Waals surface area (Å²) in [6, 6.07) is -0.0637. The molecule has 0 spiro atoms. The Morgan fingerprint density at radius 3 is 2.82 bits per heavy atom. The molecule has 3 N–H and O–H groups in total. The Hall–Kier alpha value is -2.26. The minimum absolute atomic E-state index is 0.0216. The van der Waals surface area contributed by atoms with E-state index in [-0.39, 0.29) is 35.8 Å². The first kappa shape index (κ1) is 17.8. The molecule has 2 rings (SSSR count). The molecular weight excluding hydrogens is 292 g/mol. The minimum Gasteiger partial charge on any atom is -0.483 e. The highest BCUT2D eigenvalue weighted by atomic mass is 16.5. The number of ether oxygens (including phenoxy) is 1. The van der Waals surface area contributed by atoms with Gasteiger partial charge < -0.3 is 20.1 Å². The lowest BCUT2D eigenvalue weighted by atomic mass is 10.2. The summed E-state index contributed by atoms with van der Waals surface area (Å²) in [5.74, 6) is -0.304. The normalized spacial score (nSPS) is 20.8. The standard InChI is InChI=1S/C12H18N4O3.CH2O2/c1-3-16-6-9(10(7-16)19-2)15-12(18)8-4-14-11(17)5-13-8;2-1-3/h4-5,9-10H,3,6-7H2,1-2H3,(H,14,17)(H,15,18);1H,(H,2,3)/t9-,10-;/m0./s1. The molecule has 0 bridgehead atoms. The van der Waals surface area contributed by atoms with Crippen LogP contribution in [-0.2, 0) is 9.53 Å². The van der Waals surface area contributed by atoms with E-state index in [1.807, 2.05) is 0 Å². The molecule has 0 unspecified atom stereocenters. The van der Waals surface area contributed by atoms with Gasteiger partial charge in [0.2, 0.25) is 0 Å². The highest BCUT2D eigenvalue weighted by Gasteiger charge is 2.33. The number of H-pyrrole nitrogens is 1. The number of carbonyl (C=O) groups excluding carboxylic acids is 1. The van der Waals surface area contributed by atoms with Crippen LogP contribution in [0.15, 0.2) is 17.2 Å². The number of amides is 1. The SMILES string of the molecule is CCN1C[C@H](NC(=O)c2c[nH]c(=O)cn2)[C@@H](OC)C1.O=CO. The fourth-order valence-corrected chi connectivity index (χ4v) is 2.20. The van der Waals surface area contributed by atoms with Crippen LogP contribution >= 0.6 is 0 Å². The predicted molar refractivity (Wildman–Crippen MR) is 77.7 cm³/mol. The molecule has 9 heteroatoms. The van der Waals surface area contributed by atoms with Crippen molar-refractivity contribution in [1.29, 1.82) is 0 Å². The molecule has 2 atom stereocenters. The number of aromatic nitrogens is 2. The molecule has 1 fully saturated rings. The molecule has 22 heavy (non-hydrogen) atoms. The van der Waals surface area contributed by atoms with Gasteiger partial charge in [-0.05, 0) is 6.54 Å². The molecule has 1 amide bonds. The molecule has 122 valence electrons. The molecule has 0 radical (unpaired) electrons. The number of carboxylic acid groups (broad SMARTS) is 1. The second-order valence-electron chi connectivity index (χ2n) is 4.61. The van der Waals surface area contributed by atoms with Gasteiger partial charge in [0.1, 0.15) is 5.69 Å². The zero-order valence-corrected chi connectivity index (χ0v) is 12.5. The Bertz CT molecular complexity index is 527. The lowest BCUT2D eigenvalue weighted by Crippen LogP contribution is -2.44. The maximum absolute atomic E-state index is 12.0. The Morgan fingerprint density at radius 2 is 2.32 bits per heavy atom. The van der Waals surface area contributed by atoms with Crippen molar-refractivity contribution in [3.63, 3.8) is 0 Å². The van der Waals surface area contributed by atoms with Gasteiger partial charge in [0.15, 0.2) is 0 Å². The molecule has 0 aliphatic carbocycles. The van der Waals surface area contributed by atoms with Crippen LogP contribution in [0.3, 0.4) is 0 Å². The van der Waals surface area contributed by atoms with Crippen LogP contribution < -0.4 is 10.9 Å². The first-order chi connectivity index (χ1) is 10.5. The van der Waals surface area contributed by atoms with Gasteiger partial charge in [-0.3, -0.25) is 19.3 Å². The minimum atomic E-state index is -0.329. The number of methoxy groups -OCH3 is 1. The van der Waals surface area contributed by atoms with Gasteiger partial charge in [-0.1, -0.05) is 6.92 Å². The average Bonchev–Trinajstić information content (AvgIpc) is 2.91. The van der Waals surface area contributed by atoms with Crippen molar-refractivity contribution in [3.05, 3.63) is 28.4 Å². The lowest BCUT2D eigenvalue weighted by molar-refractivity contribution is -0.122. The molecule has 1 aliphatic heterocycles. The smallest absolute Gasteiger partial charge is 0.290 e. The zero-order valence-electron chi connectivity index (χ0n) is 12.5. The largest absolute Gasteiger partial charge is 0.483 e. The molecule has 0 aromatic carbocycles. The fourth-order valence-electron chi connectivity index (χ4n) is 2.20. The summed E-state index contributed by atoms with van der Waals surface area (Å²) in [4.78, 5) is 39.7. The summed E-state index contributed by atoms with van der Waals surface area (Å²) >= 11 is 0. The number of aromatic amines is 1. The molecule has 1 saturated heterocycles. The predicted octanol–water partition coefficient (Wildman–Crippen LogP) is -1.08. The maximum atomic E-state index is 12.0. The molecule has 1 aliphatic rings. The summed E-state index contributed by atoms with van der Waals surface area (Å²) in [6.45, 7) is 4.30. The third-order valence-electron chi connectivity index (χ3n) is 3.31. The van der Waals surface area contributed by atoms with E-state index in [1.54, 1.807) is 7.11 Å². The number of nitrogens with zero attached hydrogens (tertiary/aromatic N) is 2. The number of likely N-dealkylation sites (N-methyl/N-ethyl adjacent to an activating group) is 1. The van der Waals surface area contributed by atoms with Gasteiger partial charge in [-0.25, -0.2) is 4.98 Å². The van der Waals surface area contributed by atoms with Crippen molar-refractivity contribution < 1.29 is 19.4 Å². The highest BCUT2D eigenvalue weighted by molar-refractivity contribution is 5.92. The number of carbonyl (C=O) groups is 2. The van der Waals surface area contributed by atoms with Crippen LogP contribution in [0.1, 0.15) is 17.4 Å². The first-order valence-corrected chi connectivity index (χ1v) is 6.74. The van der Waals surface area contributed by atoms with Crippen molar-refractivity contribution in [1.82, 2.24) is 20.2 Å². The average molecular weight is 312 g/mol. The van der Waals surface area contributed by atoms with E-state index in [2.05, 4.69) is 27.1 Å². The first-order valence-electron chi connectivity index (χ1n) is 6.74. The summed E-state index contributed by atoms with van der Waals surface area (Å²) in [5.41, 5.74) is -0.131. The molecule has 1 aromatic heterocycles. The van der Waals surface area contributed by atoms with Crippen molar-refractivity contribution in [3.8, 4) is 0 Å². The number of nitrogens with one attached hydrogen (secondary N) is 2. The summed E-state index contributed by atoms with van der Waals surface area (Å²) in [5, 5.41) is 9.78. The third-order valence-corrected chi connectivity index (χ3v) is 3.31. The molecular formula is C13H20N4O5. The van der Waals surface area contributed by atoms with Gasteiger partial charge >= 0.3 is 0 Å². The summed E-state index contributed by atoms with van der Waals surface area (Å²) in [7, 11) is 1.64. The quantitative estimate of drug-likeness (QED) is 0.604. The Kier molecular flexibility index (Phi) is 7.20. The van der Waals surface area contributed by atoms with Crippen molar-refractivity contribution in [2.75, 3.05) is 26.7 Å². The van der Waals surface area contributed by atoms with E-state index >= 15 is 0 Å². The maximum Gasteiger partial charge on any atom is 0.290 e. The van der Waals surface area contributed by atoms with Crippen LogP contribution in [0.4, 0.5) is 0 Å². The van der Waals surface area contributed by atoms with E-state index < -0.39 is 0 Å². The number of hydrogen-bond donors (Lipinski definition) is 3. The molecule has 1 aromatic rings. The number of likely N-dealkylation sites (tertiary alicyclic amines) is 1. The highest BCUT2D eigenvalue weighted by Crippen LogP contribution is 2.12. The fraction of sp³-hybridized carbons (Fsp3) is 0.538.